The van der Waals surface area contributed by atoms with Crippen molar-refractivity contribution in [2.24, 2.45) is 0 Å². The van der Waals surface area contributed by atoms with E-state index in [4.69, 9.17) is 16.3 Å². The molecule has 1 heterocycles. The van der Waals surface area contributed by atoms with Crippen molar-refractivity contribution in [2.45, 2.75) is 6.10 Å². The number of rotatable bonds is 5. The zero-order valence-electron chi connectivity index (χ0n) is 11.5. The summed E-state index contributed by atoms with van der Waals surface area (Å²) in [4.78, 5) is 12.6. The second-order valence-corrected chi connectivity index (χ2v) is 6.04. The Hall–Kier alpha value is -1.70. The molecule has 0 saturated carbocycles. The maximum Gasteiger partial charge on any atom is 0.319 e. The van der Waals surface area contributed by atoms with Crippen molar-refractivity contribution in [3.05, 3.63) is 51.2 Å². The van der Waals surface area contributed by atoms with Crippen molar-refractivity contribution >= 4 is 34.7 Å². The third kappa shape index (κ3) is 4.16. The number of ether oxygens (including phenoxy) is 1. The molecule has 4 nitrogen and oxygen atoms in total. The van der Waals surface area contributed by atoms with Crippen LogP contribution in [0.25, 0.3) is 0 Å². The van der Waals surface area contributed by atoms with Gasteiger partial charge in [0.25, 0.3) is 0 Å². The highest BCUT2D eigenvalue weighted by Gasteiger charge is 2.16. The fourth-order valence-corrected chi connectivity index (χ4v) is 2.90. The lowest BCUT2D eigenvalue weighted by atomic mass is 10.3. The number of para-hydroxylation sites is 1. The Morgan fingerprint density at radius 1 is 1.32 bits per heavy atom. The lowest BCUT2D eigenvalue weighted by molar-refractivity contribution is 0.107. The van der Waals surface area contributed by atoms with E-state index in [-0.39, 0.29) is 6.54 Å². The Morgan fingerprint density at radius 3 is 2.55 bits per heavy atom. The van der Waals surface area contributed by atoms with Crippen LogP contribution in [0, 0.1) is 11.6 Å². The lowest BCUT2D eigenvalue weighted by Gasteiger charge is -2.15. The molecule has 0 bridgehead atoms. The van der Waals surface area contributed by atoms with Gasteiger partial charge in [-0.15, -0.1) is 11.3 Å². The SMILES string of the molecule is CO[C@@H](CNC(=O)Nc1c(F)cccc1F)c1ccc(Cl)s1. The molecule has 1 aromatic carbocycles. The van der Waals surface area contributed by atoms with E-state index in [9.17, 15) is 13.6 Å². The van der Waals surface area contributed by atoms with Gasteiger partial charge < -0.3 is 15.4 Å². The third-order valence-electron chi connectivity index (χ3n) is 2.85. The van der Waals surface area contributed by atoms with Crippen LogP contribution < -0.4 is 10.6 Å². The smallest absolute Gasteiger partial charge is 0.319 e. The van der Waals surface area contributed by atoms with Gasteiger partial charge >= 0.3 is 6.03 Å². The third-order valence-corrected chi connectivity index (χ3v) is 4.17. The van der Waals surface area contributed by atoms with Gasteiger partial charge in [0.15, 0.2) is 0 Å². The molecular formula is C14H13ClF2N2O2S. The molecule has 2 amide bonds. The van der Waals surface area contributed by atoms with Crippen LogP contribution in [0.3, 0.4) is 0 Å². The Bertz CT molecular complexity index is 646. The zero-order valence-corrected chi connectivity index (χ0v) is 13.1. The number of halogens is 3. The monoisotopic (exact) mass is 346 g/mol. The second kappa shape index (κ2) is 7.53. The summed E-state index contributed by atoms with van der Waals surface area (Å²) in [5.41, 5.74) is -0.492. The molecule has 2 N–H and O–H groups in total. The van der Waals surface area contributed by atoms with E-state index in [1.165, 1.54) is 24.5 Å². The number of thiophene rings is 1. The molecule has 118 valence electrons. The summed E-state index contributed by atoms with van der Waals surface area (Å²) in [6.07, 6.45) is -0.395. The predicted molar refractivity (Wildman–Crippen MR) is 82.5 cm³/mol. The Labute approximate surface area is 135 Å². The average molecular weight is 347 g/mol. The van der Waals surface area contributed by atoms with Crippen molar-refractivity contribution in [2.75, 3.05) is 19.0 Å². The number of nitrogens with one attached hydrogen (secondary N) is 2. The van der Waals surface area contributed by atoms with Gasteiger partial charge in [-0.05, 0) is 24.3 Å². The molecule has 0 spiro atoms. The largest absolute Gasteiger partial charge is 0.374 e. The number of benzene rings is 1. The quantitative estimate of drug-likeness (QED) is 0.853. The van der Waals surface area contributed by atoms with E-state index >= 15 is 0 Å². The van der Waals surface area contributed by atoms with Crippen LogP contribution in [0.2, 0.25) is 4.34 Å². The van der Waals surface area contributed by atoms with Gasteiger partial charge in [0.05, 0.1) is 10.9 Å². The Kier molecular flexibility index (Phi) is 5.70. The van der Waals surface area contributed by atoms with Gasteiger partial charge in [-0.2, -0.15) is 0 Å². The second-order valence-electron chi connectivity index (χ2n) is 4.30. The molecule has 0 aliphatic carbocycles. The molecule has 0 aliphatic rings. The van der Waals surface area contributed by atoms with E-state index in [2.05, 4.69) is 10.6 Å². The molecule has 2 aromatic rings. The first kappa shape index (κ1) is 16.7. The van der Waals surface area contributed by atoms with Crippen molar-refractivity contribution < 1.29 is 18.3 Å². The maximum absolute atomic E-state index is 13.4. The molecule has 1 atom stereocenters. The molecule has 0 radical (unpaired) electrons. The highest BCUT2D eigenvalue weighted by molar-refractivity contribution is 7.16. The lowest BCUT2D eigenvalue weighted by Crippen LogP contribution is -2.33. The zero-order chi connectivity index (χ0) is 16.1. The number of hydrogen-bond donors (Lipinski definition) is 2. The van der Waals surface area contributed by atoms with Crippen molar-refractivity contribution in [1.29, 1.82) is 0 Å². The van der Waals surface area contributed by atoms with Crippen LogP contribution in [0.4, 0.5) is 19.3 Å². The average Bonchev–Trinajstić information content (AvgIpc) is 2.90. The van der Waals surface area contributed by atoms with Crippen LogP contribution in [-0.2, 0) is 4.74 Å². The first-order valence-electron chi connectivity index (χ1n) is 6.28. The molecule has 0 unspecified atom stereocenters. The first-order chi connectivity index (χ1) is 10.5. The van der Waals surface area contributed by atoms with Crippen LogP contribution in [0.5, 0.6) is 0 Å². The summed E-state index contributed by atoms with van der Waals surface area (Å²) >= 11 is 7.18. The van der Waals surface area contributed by atoms with Crippen molar-refractivity contribution in [1.82, 2.24) is 5.32 Å². The van der Waals surface area contributed by atoms with Crippen LogP contribution in [-0.4, -0.2) is 19.7 Å². The maximum atomic E-state index is 13.4. The molecule has 2 rings (SSSR count). The van der Waals surface area contributed by atoms with Crippen LogP contribution in [0.15, 0.2) is 30.3 Å². The molecule has 0 saturated heterocycles. The minimum atomic E-state index is -0.844. The highest BCUT2D eigenvalue weighted by Crippen LogP contribution is 2.28. The number of amides is 2. The van der Waals surface area contributed by atoms with Gasteiger partial charge in [0, 0.05) is 12.0 Å². The fraction of sp³-hybridized carbons (Fsp3) is 0.214. The highest BCUT2D eigenvalue weighted by atomic mass is 35.5. The normalized spacial score (nSPS) is 12.0. The molecule has 22 heavy (non-hydrogen) atoms. The molecule has 1 aromatic heterocycles. The van der Waals surface area contributed by atoms with Gasteiger partial charge in [-0.25, -0.2) is 13.6 Å². The molecular weight excluding hydrogens is 334 g/mol. The summed E-state index contributed by atoms with van der Waals surface area (Å²) in [5.74, 6) is -1.69. The van der Waals surface area contributed by atoms with Gasteiger partial charge in [0.1, 0.15) is 23.4 Å². The minimum Gasteiger partial charge on any atom is -0.374 e. The predicted octanol–water partition coefficient (Wildman–Crippen LogP) is 4.19. The number of carbonyl (C=O) groups excluding carboxylic acids is 1. The van der Waals surface area contributed by atoms with E-state index in [1.807, 2.05) is 0 Å². The summed E-state index contributed by atoms with van der Waals surface area (Å²) in [6.45, 7) is 0.134. The van der Waals surface area contributed by atoms with Crippen molar-refractivity contribution in [3.8, 4) is 0 Å². The number of hydrogen-bond acceptors (Lipinski definition) is 3. The van der Waals surface area contributed by atoms with Gasteiger partial charge in [-0.1, -0.05) is 17.7 Å². The van der Waals surface area contributed by atoms with E-state index in [0.29, 0.717) is 4.34 Å². The van der Waals surface area contributed by atoms with Gasteiger partial charge in [-0.3, -0.25) is 0 Å². The molecule has 0 aliphatic heterocycles. The standard InChI is InChI=1S/C14H13ClF2N2O2S/c1-21-10(11-5-6-12(15)22-11)7-18-14(20)19-13-8(16)3-2-4-9(13)17/h2-6,10H,7H2,1H3,(H2,18,19,20)/t10-/m0/s1. The Balaban J connectivity index is 1.94. The van der Waals surface area contributed by atoms with Gasteiger partial charge in [0.2, 0.25) is 0 Å². The van der Waals surface area contributed by atoms with Crippen LogP contribution in [0.1, 0.15) is 11.0 Å². The first-order valence-corrected chi connectivity index (χ1v) is 7.47. The van der Waals surface area contributed by atoms with E-state index in [0.717, 1.165) is 17.0 Å². The van der Waals surface area contributed by atoms with E-state index < -0.39 is 29.5 Å². The topological polar surface area (TPSA) is 50.4 Å². The summed E-state index contributed by atoms with van der Waals surface area (Å²) in [6, 6.07) is 6.12. The van der Waals surface area contributed by atoms with Crippen LogP contribution >= 0.6 is 22.9 Å². The Morgan fingerprint density at radius 2 is 2.00 bits per heavy atom. The number of methoxy groups -OCH3 is 1. The minimum absolute atomic E-state index is 0.134. The molecule has 8 heteroatoms. The number of anilines is 1. The van der Waals surface area contributed by atoms with Crippen molar-refractivity contribution in [3.63, 3.8) is 0 Å². The summed E-state index contributed by atoms with van der Waals surface area (Å²) in [7, 11) is 1.49. The van der Waals surface area contributed by atoms with E-state index in [1.54, 1.807) is 12.1 Å². The fourth-order valence-electron chi connectivity index (χ4n) is 1.76. The summed E-state index contributed by atoms with van der Waals surface area (Å²) < 4.78 is 32.7. The molecule has 0 fully saturated rings. The number of carbonyl (C=O) groups is 1. The summed E-state index contributed by atoms with van der Waals surface area (Å²) in [5, 5.41) is 4.64. The number of urea groups is 1.